The van der Waals surface area contributed by atoms with Crippen LogP contribution >= 0.6 is 11.6 Å². The summed E-state index contributed by atoms with van der Waals surface area (Å²) in [6.45, 7) is 5.99. The van der Waals surface area contributed by atoms with E-state index < -0.39 is 0 Å². The van der Waals surface area contributed by atoms with Crippen molar-refractivity contribution < 1.29 is 0 Å². The maximum Gasteiger partial charge on any atom is 0.136 e. The maximum absolute atomic E-state index is 6.13. The minimum Gasteiger partial charge on any atom is -0.264 e. The van der Waals surface area contributed by atoms with E-state index in [2.05, 4.69) is 15.0 Å². The van der Waals surface area contributed by atoms with Gasteiger partial charge in [0.15, 0.2) is 0 Å². The number of aromatic nitrogens is 3. The van der Waals surface area contributed by atoms with Gasteiger partial charge in [-0.15, -0.1) is 0 Å². The summed E-state index contributed by atoms with van der Waals surface area (Å²) in [4.78, 5) is 12.9. The Balaban J connectivity index is 2.67. The van der Waals surface area contributed by atoms with Crippen LogP contribution in [0.1, 0.15) is 23.9 Å². The van der Waals surface area contributed by atoms with Crippen LogP contribution in [0.25, 0.3) is 11.3 Å². The van der Waals surface area contributed by atoms with Crippen LogP contribution < -0.4 is 0 Å². The summed E-state index contributed by atoms with van der Waals surface area (Å²) >= 11 is 6.13. The molecule has 2 aromatic rings. The number of nitrogens with zero attached hydrogens (tertiary/aromatic N) is 3. The van der Waals surface area contributed by atoms with Gasteiger partial charge in [-0.1, -0.05) is 18.5 Å². The Morgan fingerprint density at radius 2 is 2.00 bits per heavy atom. The quantitative estimate of drug-likeness (QED) is 0.764. The van der Waals surface area contributed by atoms with Crippen LogP contribution in [0.4, 0.5) is 0 Å². The molecule has 0 saturated carbocycles. The number of rotatable bonds is 2. The van der Waals surface area contributed by atoms with Crippen molar-refractivity contribution in [3.8, 4) is 11.3 Å². The number of pyridine rings is 1. The molecule has 0 aliphatic carbocycles. The highest BCUT2D eigenvalue weighted by molar-refractivity contribution is 6.30. The molecule has 0 unspecified atom stereocenters. The van der Waals surface area contributed by atoms with Gasteiger partial charge in [-0.05, 0) is 25.5 Å². The zero-order chi connectivity index (χ0) is 12.4. The second-order valence-corrected chi connectivity index (χ2v) is 4.31. The minimum atomic E-state index is 0.523. The molecule has 0 spiro atoms. The third-order valence-electron chi connectivity index (χ3n) is 2.74. The van der Waals surface area contributed by atoms with Crippen LogP contribution in [0.5, 0.6) is 0 Å². The molecule has 0 fully saturated rings. The van der Waals surface area contributed by atoms with E-state index in [-0.39, 0.29) is 0 Å². The van der Waals surface area contributed by atoms with E-state index in [0.717, 1.165) is 34.6 Å². The second kappa shape index (κ2) is 4.80. The molecule has 2 heterocycles. The lowest BCUT2D eigenvalue weighted by atomic mass is 10.1. The van der Waals surface area contributed by atoms with Crippen LogP contribution in [-0.2, 0) is 6.42 Å². The molecule has 3 nitrogen and oxygen atoms in total. The molecule has 0 amide bonds. The SMILES string of the molecule is CCc1nc(Cl)c(C)c(-c2cnccc2C)n1. The molecule has 2 rings (SSSR count). The first-order valence-corrected chi connectivity index (χ1v) is 5.95. The van der Waals surface area contributed by atoms with E-state index in [1.165, 1.54) is 0 Å². The van der Waals surface area contributed by atoms with Gasteiger partial charge in [-0.3, -0.25) is 4.98 Å². The van der Waals surface area contributed by atoms with Gasteiger partial charge in [0.1, 0.15) is 11.0 Å². The predicted octanol–water partition coefficient (Wildman–Crippen LogP) is 3.37. The van der Waals surface area contributed by atoms with Gasteiger partial charge in [-0.2, -0.15) is 0 Å². The first kappa shape index (κ1) is 12.0. The van der Waals surface area contributed by atoms with Gasteiger partial charge in [0.25, 0.3) is 0 Å². The summed E-state index contributed by atoms with van der Waals surface area (Å²) < 4.78 is 0. The summed E-state index contributed by atoms with van der Waals surface area (Å²) in [5.74, 6) is 0.763. The number of aryl methyl sites for hydroxylation is 2. The molecule has 0 aromatic carbocycles. The predicted molar refractivity (Wildman–Crippen MR) is 69.1 cm³/mol. The summed E-state index contributed by atoms with van der Waals surface area (Å²) in [6, 6.07) is 1.97. The highest BCUT2D eigenvalue weighted by Gasteiger charge is 2.12. The lowest BCUT2D eigenvalue weighted by Crippen LogP contribution is -2.00. The normalized spacial score (nSPS) is 10.6. The molecule has 0 radical (unpaired) electrons. The van der Waals surface area contributed by atoms with E-state index >= 15 is 0 Å². The lowest BCUT2D eigenvalue weighted by Gasteiger charge is -2.10. The molecule has 0 bridgehead atoms. The first-order valence-electron chi connectivity index (χ1n) is 5.57. The van der Waals surface area contributed by atoms with E-state index in [4.69, 9.17) is 11.6 Å². The van der Waals surface area contributed by atoms with Crippen molar-refractivity contribution in [1.29, 1.82) is 0 Å². The summed E-state index contributed by atoms with van der Waals surface area (Å²) in [6.07, 6.45) is 4.37. The van der Waals surface area contributed by atoms with Crippen molar-refractivity contribution >= 4 is 11.6 Å². The summed E-state index contributed by atoms with van der Waals surface area (Å²) in [7, 11) is 0. The van der Waals surface area contributed by atoms with Crippen LogP contribution in [0.2, 0.25) is 5.15 Å². The largest absolute Gasteiger partial charge is 0.264 e. The molecule has 2 aromatic heterocycles. The number of hydrogen-bond donors (Lipinski definition) is 0. The topological polar surface area (TPSA) is 38.7 Å². The Morgan fingerprint density at radius 3 is 2.65 bits per heavy atom. The third kappa shape index (κ3) is 2.29. The summed E-state index contributed by atoms with van der Waals surface area (Å²) in [5.41, 5.74) is 3.94. The van der Waals surface area contributed by atoms with E-state index in [1.807, 2.05) is 33.0 Å². The van der Waals surface area contributed by atoms with E-state index in [1.54, 1.807) is 6.20 Å². The van der Waals surface area contributed by atoms with Gasteiger partial charge in [-0.25, -0.2) is 9.97 Å². The Kier molecular flexibility index (Phi) is 3.38. The van der Waals surface area contributed by atoms with Gasteiger partial charge >= 0.3 is 0 Å². The van der Waals surface area contributed by atoms with Crippen LogP contribution in [0, 0.1) is 13.8 Å². The van der Waals surface area contributed by atoms with E-state index in [9.17, 15) is 0 Å². The standard InChI is InChI=1S/C13H14ClN3/c1-4-11-16-12(9(3)13(14)17-11)10-7-15-6-5-8(10)2/h5-7H,4H2,1-3H3. The molecule has 88 valence electrons. The van der Waals surface area contributed by atoms with Gasteiger partial charge < -0.3 is 0 Å². The van der Waals surface area contributed by atoms with Gasteiger partial charge in [0.05, 0.1) is 5.69 Å². The van der Waals surface area contributed by atoms with Crippen molar-refractivity contribution in [1.82, 2.24) is 15.0 Å². The van der Waals surface area contributed by atoms with Crippen molar-refractivity contribution in [2.75, 3.05) is 0 Å². The highest BCUT2D eigenvalue weighted by Crippen LogP contribution is 2.27. The Labute approximate surface area is 106 Å². The van der Waals surface area contributed by atoms with Crippen molar-refractivity contribution in [3.05, 3.63) is 40.6 Å². The Bertz CT molecular complexity index is 552. The average molecular weight is 248 g/mol. The van der Waals surface area contributed by atoms with Crippen molar-refractivity contribution in [2.45, 2.75) is 27.2 Å². The fraction of sp³-hybridized carbons (Fsp3) is 0.308. The first-order chi connectivity index (χ1) is 8.13. The molecule has 17 heavy (non-hydrogen) atoms. The fourth-order valence-corrected chi connectivity index (χ4v) is 1.85. The monoisotopic (exact) mass is 247 g/mol. The van der Waals surface area contributed by atoms with Crippen LogP contribution in [0.15, 0.2) is 18.5 Å². The lowest BCUT2D eigenvalue weighted by molar-refractivity contribution is 0.933. The van der Waals surface area contributed by atoms with Crippen LogP contribution in [0.3, 0.4) is 0 Å². The zero-order valence-electron chi connectivity index (χ0n) is 10.2. The summed E-state index contributed by atoms with van der Waals surface area (Å²) in [5, 5.41) is 0.523. The molecular formula is C13H14ClN3. The van der Waals surface area contributed by atoms with Gasteiger partial charge in [0.2, 0.25) is 0 Å². The molecule has 0 N–H and O–H groups in total. The Hall–Kier alpha value is -1.48. The zero-order valence-corrected chi connectivity index (χ0v) is 10.9. The van der Waals surface area contributed by atoms with Crippen molar-refractivity contribution in [2.24, 2.45) is 0 Å². The molecule has 0 saturated heterocycles. The van der Waals surface area contributed by atoms with E-state index in [0.29, 0.717) is 5.15 Å². The molecule has 0 atom stereocenters. The van der Waals surface area contributed by atoms with Crippen molar-refractivity contribution in [3.63, 3.8) is 0 Å². The number of halogens is 1. The van der Waals surface area contributed by atoms with Crippen LogP contribution in [-0.4, -0.2) is 15.0 Å². The molecule has 0 aliphatic heterocycles. The molecule has 0 aliphatic rings. The maximum atomic E-state index is 6.13. The highest BCUT2D eigenvalue weighted by atomic mass is 35.5. The minimum absolute atomic E-state index is 0.523. The molecule has 4 heteroatoms. The second-order valence-electron chi connectivity index (χ2n) is 3.95. The fourth-order valence-electron chi connectivity index (χ4n) is 1.67. The molecular weight excluding hydrogens is 234 g/mol. The Morgan fingerprint density at radius 1 is 1.24 bits per heavy atom. The smallest absolute Gasteiger partial charge is 0.136 e. The van der Waals surface area contributed by atoms with Gasteiger partial charge in [0, 0.05) is 29.9 Å². The average Bonchev–Trinajstić information content (AvgIpc) is 2.33. The number of hydrogen-bond acceptors (Lipinski definition) is 3. The third-order valence-corrected chi connectivity index (χ3v) is 3.11.